The lowest BCUT2D eigenvalue weighted by atomic mass is 9.79. The van der Waals surface area contributed by atoms with E-state index in [4.69, 9.17) is 10.5 Å². The van der Waals surface area contributed by atoms with Crippen molar-refractivity contribution in [1.82, 2.24) is 4.90 Å². The average molecular weight is 256 g/mol. The van der Waals surface area contributed by atoms with Crippen molar-refractivity contribution in [1.29, 1.82) is 0 Å². The highest BCUT2D eigenvalue weighted by molar-refractivity contribution is 4.95. The zero-order valence-electron chi connectivity index (χ0n) is 11.6. The first-order valence-corrected chi connectivity index (χ1v) is 7.42. The fraction of sp³-hybridized carbons (Fsp3) is 1.00. The quantitative estimate of drug-likeness (QED) is 0.791. The molecule has 18 heavy (non-hydrogen) atoms. The topological polar surface area (TPSA) is 58.7 Å². The van der Waals surface area contributed by atoms with Crippen LogP contribution in [0, 0.1) is 0 Å². The van der Waals surface area contributed by atoms with Crippen LogP contribution in [0.4, 0.5) is 0 Å². The summed E-state index contributed by atoms with van der Waals surface area (Å²) in [5, 5.41) is 9.43. The SMILES string of the molecule is CCOC1CCCN(C2CCCC(N)(CO)C2)C1. The minimum Gasteiger partial charge on any atom is -0.394 e. The van der Waals surface area contributed by atoms with Crippen LogP contribution >= 0.6 is 0 Å². The molecule has 3 atom stereocenters. The largest absolute Gasteiger partial charge is 0.394 e. The molecule has 0 aromatic carbocycles. The van der Waals surface area contributed by atoms with E-state index in [1.54, 1.807) is 0 Å². The Morgan fingerprint density at radius 3 is 2.94 bits per heavy atom. The maximum Gasteiger partial charge on any atom is 0.0702 e. The van der Waals surface area contributed by atoms with E-state index in [1.165, 1.54) is 19.3 Å². The maximum absolute atomic E-state index is 9.43. The summed E-state index contributed by atoms with van der Waals surface area (Å²) in [7, 11) is 0. The Balaban J connectivity index is 1.90. The third-order valence-corrected chi connectivity index (χ3v) is 4.50. The van der Waals surface area contributed by atoms with Crippen LogP contribution in [-0.2, 0) is 4.74 Å². The molecule has 1 aliphatic heterocycles. The van der Waals surface area contributed by atoms with Crippen molar-refractivity contribution in [2.75, 3.05) is 26.3 Å². The standard InChI is InChI=1S/C14H28N2O2/c1-2-18-13-6-4-8-16(10-13)12-5-3-7-14(15,9-12)11-17/h12-13,17H,2-11,15H2,1H3. The summed E-state index contributed by atoms with van der Waals surface area (Å²) in [5.41, 5.74) is 5.90. The van der Waals surface area contributed by atoms with Crippen molar-refractivity contribution < 1.29 is 9.84 Å². The van der Waals surface area contributed by atoms with E-state index in [9.17, 15) is 5.11 Å². The molecule has 4 nitrogen and oxygen atoms in total. The molecule has 0 amide bonds. The lowest BCUT2D eigenvalue weighted by molar-refractivity contribution is -0.0206. The van der Waals surface area contributed by atoms with E-state index in [2.05, 4.69) is 11.8 Å². The maximum atomic E-state index is 9.43. The smallest absolute Gasteiger partial charge is 0.0702 e. The van der Waals surface area contributed by atoms with Gasteiger partial charge in [-0.3, -0.25) is 4.90 Å². The van der Waals surface area contributed by atoms with Gasteiger partial charge in [0.2, 0.25) is 0 Å². The van der Waals surface area contributed by atoms with Gasteiger partial charge in [-0.2, -0.15) is 0 Å². The number of hydrogen-bond acceptors (Lipinski definition) is 4. The number of aliphatic hydroxyl groups is 1. The lowest BCUT2D eigenvalue weighted by Gasteiger charge is -2.44. The van der Waals surface area contributed by atoms with E-state index >= 15 is 0 Å². The Kier molecular flexibility index (Phi) is 5.01. The Hall–Kier alpha value is -0.160. The number of aliphatic hydroxyl groups excluding tert-OH is 1. The van der Waals surface area contributed by atoms with Crippen molar-refractivity contribution in [2.45, 2.75) is 63.1 Å². The van der Waals surface area contributed by atoms with Crippen molar-refractivity contribution in [3.8, 4) is 0 Å². The molecule has 1 saturated heterocycles. The molecule has 2 aliphatic rings. The summed E-state index contributed by atoms with van der Waals surface area (Å²) in [6.07, 6.45) is 7.05. The number of ether oxygens (including phenoxy) is 1. The first-order chi connectivity index (χ1) is 8.67. The minimum atomic E-state index is -0.346. The molecule has 0 radical (unpaired) electrons. The second-order valence-electron chi connectivity index (χ2n) is 5.99. The van der Waals surface area contributed by atoms with Gasteiger partial charge in [0.1, 0.15) is 0 Å². The van der Waals surface area contributed by atoms with Crippen LogP contribution in [0.25, 0.3) is 0 Å². The average Bonchev–Trinajstić information content (AvgIpc) is 2.40. The fourth-order valence-corrected chi connectivity index (χ4v) is 3.49. The number of hydrogen-bond donors (Lipinski definition) is 2. The number of nitrogens with zero attached hydrogens (tertiary/aromatic N) is 1. The Morgan fingerprint density at radius 2 is 2.22 bits per heavy atom. The lowest BCUT2D eigenvalue weighted by Crippen LogP contribution is -2.55. The number of nitrogens with two attached hydrogens (primary N) is 1. The van der Waals surface area contributed by atoms with Crippen molar-refractivity contribution in [2.24, 2.45) is 5.73 Å². The van der Waals surface area contributed by atoms with Gasteiger partial charge in [0.05, 0.1) is 12.7 Å². The molecule has 0 aromatic heterocycles. The molecule has 1 saturated carbocycles. The predicted molar refractivity (Wildman–Crippen MR) is 72.5 cm³/mol. The van der Waals surface area contributed by atoms with E-state index < -0.39 is 0 Å². The van der Waals surface area contributed by atoms with Crippen LogP contribution in [0.15, 0.2) is 0 Å². The van der Waals surface area contributed by atoms with Crippen LogP contribution in [-0.4, -0.2) is 54.0 Å². The monoisotopic (exact) mass is 256 g/mol. The molecule has 2 fully saturated rings. The Bertz CT molecular complexity index is 260. The zero-order valence-corrected chi connectivity index (χ0v) is 11.6. The van der Waals surface area contributed by atoms with Gasteiger partial charge in [-0.05, 0) is 52.0 Å². The van der Waals surface area contributed by atoms with Gasteiger partial charge in [0, 0.05) is 24.7 Å². The molecular formula is C14H28N2O2. The second kappa shape index (κ2) is 6.33. The van der Waals surface area contributed by atoms with Gasteiger partial charge in [0.15, 0.2) is 0 Å². The van der Waals surface area contributed by atoms with Crippen molar-refractivity contribution in [3.63, 3.8) is 0 Å². The summed E-state index contributed by atoms with van der Waals surface area (Å²) in [6, 6.07) is 0.541. The molecule has 106 valence electrons. The van der Waals surface area contributed by atoms with Crippen molar-refractivity contribution >= 4 is 0 Å². The molecule has 0 spiro atoms. The van der Waals surface area contributed by atoms with Crippen LogP contribution in [0.5, 0.6) is 0 Å². The van der Waals surface area contributed by atoms with Crippen molar-refractivity contribution in [3.05, 3.63) is 0 Å². The molecule has 0 bridgehead atoms. The molecule has 1 aliphatic carbocycles. The highest BCUT2D eigenvalue weighted by Crippen LogP contribution is 2.31. The summed E-state index contributed by atoms with van der Waals surface area (Å²) >= 11 is 0. The highest BCUT2D eigenvalue weighted by Gasteiger charge is 2.36. The molecule has 0 aromatic rings. The molecule has 2 rings (SSSR count). The van der Waals surface area contributed by atoms with Gasteiger partial charge in [-0.15, -0.1) is 0 Å². The summed E-state index contributed by atoms with van der Waals surface area (Å²) in [5.74, 6) is 0. The summed E-state index contributed by atoms with van der Waals surface area (Å²) < 4.78 is 5.76. The van der Waals surface area contributed by atoms with Gasteiger partial charge in [0.25, 0.3) is 0 Å². The summed E-state index contributed by atoms with van der Waals surface area (Å²) in [4.78, 5) is 2.54. The zero-order chi connectivity index (χ0) is 13.0. The molecule has 1 heterocycles. The Morgan fingerprint density at radius 1 is 1.39 bits per heavy atom. The fourth-order valence-electron chi connectivity index (χ4n) is 3.49. The highest BCUT2D eigenvalue weighted by atomic mass is 16.5. The van der Waals surface area contributed by atoms with Crippen LogP contribution in [0.3, 0.4) is 0 Å². The Labute approximate surface area is 110 Å². The minimum absolute atomic E-state index is 0.117. The third kappa shape index (κ3) is 3.44. The van der Waals surface area contributed by atoms with E-state index in [0.29, 0.717) is 12.1 Å². The number of rotatable bonds is 4. The normalized spacial score (nSPS) is 38.8. The van der Waals surface area contributed by atoms with Gasteiger partial charge in [-0.25, -0.2) is 0 Å². The van der Waals surface area contributed by atoms with E-state index in [1.807, 2.05) is 0 Å². The van der Waals surface area contributed by atoms with Gasteiger partial charge in [-0.1, -0.05) is 0 Å². The van der Waals surface area contributed by atoms with Gasteiger partial charge >= 0.3 is 0 Å². The molecule has 3 N–H and O–H groups in total. The van der Waals surface area contributed by atoms with Crippen LogP contribution in [0.1, 0.15) is 45.4 Å². The summed E-state index contributed by atoms with van der Waals surface area (Å²) in [6.45, 7) is 5.19. The number of piperidine rings is 1. The first-order valence-electron chi connectivity index (χ1n) is 7.42. The first kappa shape index (κ1) is 14.3. The van der Waals surface area contributed by atoms with Gasteiger partial charge < -0.3 is 15.6 Å². The second-order valence-corrected chi connectivity index (χ2v) is 5.99. The number of likely N-dealkylation sites (tertiary alicyclic amines) is 1. The predicted octanol–water partition coefficient (Wildman–Crippen LogP) is 1.12. The molecule has 3 unspecified atom stereocenters. The molecular weight excluding hydrogens is 228 g/mol. The van der Waals surface area contributed by atoms with Crippen LogP contribution < -0.4 is 5.73 Å². The van der Waals surface area contributed by atoms with E-state index in [-0.39, 0.29) is 12.1 Å². The van der Waals surface area contributed by atoms with E-state index in [0.717, 1.165) is 39.0 Å². The molecule has 4 heteroatoms. The third-order valence-electron chi connectivity index (χ3n) is 4.50. The van der Waals surface area contributed by atoms with Crippen LogP contribution in [0.2, 0.25) is 0 Å².